The van der Waals surface area contributed by atoms with Gasteiger partial charge in [0.15, 0.2) is 0 Å². The van der Waals surface area contributed by atoms with Gasteiger partial charge in [0.05, 0.1) is 11.1 Å². The van der Waals surface area contributed by atoms with Crippen molar-refractivity contribution in [1.82, 2.24) is 0 Å². The molecule has 6 N–H and O–H groups in total. The number of nitrogen functional groups attached to an aromatic ring is 2. The van der Waals surface area contributed by atoms with Gasteiger partial charge in [-0.1, -0.05) is 0 Å². The molecule has 0 aliphatic rings. The predicted octanol–water partition coefficient (Wildman–Crippen LogP) is 5.76. The zero-order valence-corrected chi connectivity index (χ0v) is 17.9. The maximum Gasteiger partial charge on any atom is 0.455 e. The third kappa shape index (κ3) is 4.29. The smallest absolute Gasteiger partial charge is 0.398 e. The van der Waals surface area contributed by atoms with Crippen LogP contribution in [0.4, 0.5) is 64.1 Å². The molecule has 2 atom stereocenters. The summed E-state index contributed by atoms with van der Waals surface area (Å²) in [5.41, 5.74) is 2.07. The number of anilines is 2. The Morgan fingerprint density at radius 2 is 0.778 bits per heavy atom. The third-order valence-electron chi connectivity index (χ3n) is 5.37. The fraction of sp³-hybridized carbons (Fsp3) is 0.400. The average Bonchev–Trinajstić information content (AvgIpc) is 2.69. The van der Waals surface area contributed by atoms with Crippen LogP contribution >= 0.6 is 0 Å². The van der Waals surface area contributed by atoms with Gasteiger partial charge in [-0.15, -0.1) is 0 Å². The first-order valence-corrected chi connectivity index (χ1v) is 9.35. The molecule has 202 valence electrons. The summed E-state index contributed by atoms with van der Waals surface area (Å²) in [4.78, 5) is 0. The van der Waals surface area contributed by atoms with Crippen LogP contribution < -0.4 is 11.5 Å². The van der Waals surface area contributed by atoms with E-state index in [2.05, 4.69) is 0 Å². The van der Waals surface area contributed by atoms with Crippen molar-refractivity contribution >= 4 is 11.4 Å². The lowest BCUT2D eigenvalue weighted by Crippen LogP contribution is -2.53. The first-order chi connectivity index (χ1) is 15.8. The van der Waals surface area contributed by atoms with E-state index in [1.165, 1.54) is 0 Å². The van der Waals surface area contributed by atoms with Gasteiger partial charge in [0.2, 0.25) is 0 Å². The van der Waals surface area contributed by atoms with Crippen LogP contribution in [0, 0.1) is 13.8 Å². The molecule has 0 spiro atoms. The topological polar surface area (TPSA) is 92.5 Å². The first-order valence-electron chi connectivity index (χ1n) is 9.35. The number of hydrogen-bond acceptors (Lipinski definition) is 4. The second-order valence-electron chi connectivity index (χ2n) is 7.90. The van der Waals surface area contributed by atoms with Crippen LogP contribution in [0.2, 0.25) is 0 Å². The second-order valence-corrected chi connectivity index (χ2v) is 7.90. The van der Waals surface area contributed by atoms with Crippen molar-refractivity contribution < 1.29 is 62.9 Å². The zero-order chi connectivity index (χ0) is 28.4. The second kappa shape index (κ2) is 8.33. The summed E-state index contributed by atoms with van der Waals surface area (Å²) in [7, 11) is 0. The van der Waals surface area contributed by atoms with E-state index in [0.717, 1.165) is 26.0 Å². The monoisotopic (exact) mass is 544 g/mol. The van der Waals surface area contributed by atoms with Crippen LogP contribution in [0.1, 0.15) is 22.3 Å². The molecule has 0 amide bonds. The summed E-state index contributed by atoms with van der Waals surface area (Å²) in [5, 5.41) is 17.8. The van der Waals surface area contributed by atoms with E-state index in [4.69, 9.17) is 21.7 Å². The number of alkyl halides is 12. The summed E-state index contributed by atoms with van der Waals surface area (Å²) >= 11 is 0. The molecule has 2 aromatic rings. The summed E-state index contributed by atoms with van der Waals surface area (Å²) < 4.78 is 162. The molecule has 0 radical (unpaired) electrons. The first kappa shape index (κ1) is 29.4. The summed E-state index contributed by atoms with van der Waals surface area (Å²) in [5.74, 6) is -23.8. The Balaban J connectivity index is 2.86. The van der Waals surface area contributed by atoms with E-state index in [9.17, 15) is 52.7 Å². The molecule has 0 aliphatic carbocycles. The Morgan fingerprint density at radius 1 is 0.528 bits per heavy atom. The van der Waals surface area contributed by atoms with Gasteiger partial charge < -0.3 is 21.7 Å². The Bertz CT molecular complexity index is 1080. The van der Waals surface area contributed by atoms with E-state index in [1.807, 2.05) is 0 Å². The van der Waals surface area contributed by atoms with Crippen molar-refractivity contribution in [1.29, 1.82) is 0 Å². The van der Waals surface area contributed by atoms with Crippen LogP contribution in [-0.4, -0.2) is 34.3 Å². The lowest BCUT2D eigenvalue weighted by molar-refractivity contribution is -0.390. The standard InChI is InChI=1S/C20H16F12N2O2/c1-7-3-9(5-11(13(7)33)15(21,22)17(25,35)19(27,28)29)10-4-8(2)14(34)12(6-10)16(23,24)18(26,36)20(30,31)32/h3-6,35-36H,33-34H2,1-2H3. The largest absolute Gasteiger partial charge is 0.455 e. The van der Waals surface area contributed by atoms with Crippen molar-refractivity contribution in [2.45, 2.75) is 49.8 Å². The number of aryl methyl sites for hydroxylation is 2. The molecule has 36 heavy (non-hydrogen) atoms. The lowest BCUT2D eigenvalue weighted by atomic mass is 9.89. The Labute approximate surface area is 194 Å². The molecule has 2 aromatic carbocycles. The van der Waals surface area contributed by atoms with Crippen LogP contribution in [0.3, 0.4) is 0 Å². The highest BCUT2D eigenvalue weighted by Gasteiger charge is 2.73. The van der Waals surface area contributed by atoms with E-state index in [1.54, 1.807) is 0 Å². The highest BCUT2D eigenvalue weighted by molar-refractivity contribution is 5.75. The maximum atomic E-state index is 14.5. The van der Waals surface area contributed by atoms with Crippen LogP contribution in [0.5, 0.6) is 0 Å². The minimum absolute atomic E-state index is 0.0664. The van der Waals surface area contributed by atoms with Crippen molar-refractivity contribution in [3.05, 3.63) is 46.5 Å². The number of nitrogens with two attached hydrogens (primary N) is 2. The highest BCUT2D eigenvalue weighted by atomic mass is 19.4. The Hall–Kier alpha value is -2.88. The number of aliphatic hydroxyl groups is 2. The molecule has 0 aliphatic heterocycles. The van der Waals surface area contributed by atoms with Crippen molar-refractivity contribution in [3.8, 4) is 11.1 Å². The molecule has 0 saturated carbocycles. The minimum Gasteiger partial charge on any atom is -0.398 e. The van der Waals surface area contributed by atoms with Crippen LogP contribution in [0.15, 0.2) is 24.3 Å². The minimum atomic E-state index is -6.52. The van der Waals surface area contributed by atoms with Gasteiger partial charge >= 0.3 is 35.9 Å². The fourth-order valence-electron chi connectivity index (χ4n) is 3.16. The van der Waals surface area contributed by atoms with Crippen LogP contribution in [-0.2, 0) is 11.8 Å². The molecular weight excluding hydrogens is 528 g/mol. The van der Waals surface area contributed by atoms with Crippen LogP contribution in [0.25, 0.3) is 11.1 Å². The number of hydrogen-bond donors (Lipinski definition) is 4. The summed E-state index contributed by atoms with van der Waals surface area (Å²) in [6, 6.07) is 1.74. The van der Waals surface area contributed by atoms with Gasteiger partial charge in [-0.2, -0.15) is 52.7 Å². The van der Waals surface area contributed by atoms with E-state index >= 15 is 0 Å². The van der Waals surface area contributed by atoms with E-state index < -0.39 is 80.7 Å². The Morgan fingerprint density at radius 3 is 1.00 bits per heavy atom. The van der Waals surface area contributed by atoms with Crippen molar-refractivity contribution in [3.63, 3.8) is 0 Å². The number of rotatable bonds is 5. The summed E-state index contributed by atoms with van der Waals surface area (Å²) in [6.07, 6.45) is -13.0. The average molecular weight is 544 g/mol. The van der Waals surface area contributed by atoms with Gasteiger partial charge in [0.25, 0.3) is 0 Å². The maximum absolute atomic E-state index is 14.5. The SMILES string of the molecule is Cc1cc(-c2cc(C)c(N)c(C(F)(F)C(O)(F)C(F)(F)F)c2)cc(C(F)(F)C(O)(F)C(F)(F)F)c1N. The summed E-state index contributed by atoms with van der Waals surface area (Å²) in [6.45, 7) is 1.85. The molecule has 4 nitrogen and oxygen atoms in total. The normalized spacial score (nSPS) is 17.0. The number of benzene rings is 2. The molecule has 0 heterocycles. The predicted molar refractivity (Wildman–Crippen MR) is 102 cm³/mol. The molecule has 0 saturated heterocycles. The van der Waals surface area contributed by atoms with Crippen molar-refractivity contribution in [2.75, 3.05) is 11.5 Å². The van der Waals surface area contributed by atoms with Gasteiger partial charge in [0.1, 0.15) is 0 Å². The number of halogens is 12. The van der Waals surface area contributed by atoms with E-state index in [0.29, 0.717) is 0 Å². The molecule has 0 fully saturated rings. The van der Waals surface area contributed by atoms with Gasteiger partial charge in [-0.05, 0) is 60.4 Å². The molecule has 2 unspecified atom stereocenters. The molecular formula is C20H16F12N2O2. The fourth-order valence-corrected chi connectivity index (χ4v) is 3.16. The van der Waals surface area contributed by atoms with Gasteiger partial charge in [-0.3, -0.25) is 0 Å². The lowest BCUT2D eigenvalue weighted by Gasteiger charge is -2.32. The van der Waals surface area contributed by atoms with Gasteiger partial charge in [0, 0.05) is 11.4 Å². The Kier molecular flexibility index (Phi) is 6.79. The molecule has 16 heteroatoms. The molecule has 0 bridgehead atoms. The quantitative estimate of drug-likeness (QED) is 0.285. The van der Waals surface area contributed by atoms with E-state index in [-0.39, 0.29) is 12.1 Å². The van der Waals surface area contributed by atoms with Crippen molar-refractivity contribution in [2.24, 2.45) is 0 Å². The molecule has 2 rings (SSSR count). The van der Waals surface area contributed by atoms with Gasteiger partial charge in [-0.25, -0.2) is 0 Å². The zero-order valence-electron chi connectivity index (χ0n) is 17.9. The third-order valence-corrected chi connectivity index (χ3v) is 5.37. The molecule has 0 aromatic heterocycles. The highest BCUT2D eigenvalue weighted by Crippen LogP contribution is 2.53.